The van der Waals surface area contributed by atoms with Gasteiger partial charge >= 0.3 is 0 Å². The molecule has 0 aliphatic rings. The Bertz CT molecular complexity index is 1020. The number of carbonyl (C=O) groups excluding carboxylic acids is 2. The number of nitrogens with one attached hydrogen (secondary N) is 2. The highest BCUT2D eigenvalue weighted by molar-refractivity contribution is 7.21. The van der Waals surface area contributed by atoms with Gasteiger partial charge in [0.15, 0.2) is 11.5 Å². The van der Waals surface area contributed by atoms with Crippen molar-refractivity contribution in [1.29, 1.82) is 0 Å². The topological polar surface area (TPSA) is 149 Å². The third-order valence-electron chi connectivity index (χ3n) is 3.83. The molecular formula is C17H21N7O2S2. The van der Waals surface area contributed by atoms with Gasteiger partial charge in [-0.15, -0.1) is 11.3 Å². The molecule has 148 valence electrons. The summed E-state index contributed by atoms with van der Waals surface area (Å²) in [4.78, 5) is 33.0. The summed E-state index contributed by atoms with van der Waals surface area (Å²) in [5.41, 5.74) is 10.8. The normalized spacial score (nSPS) is 12.7. The quantitative estimate of drug-likeness (QED) is 0.460. The van der Waals surface area contributed by atoms with Crippen molar-refractivity contribution in [3.63, 3.8) is 0 Å². The van der Waals surface area contributed by atoms with Crippen molar-refractivity contribution >= 4 is 61.5 Å². The number of nitrogens with two attached hydrogens (primary N) is 2. The Kier molecular flexibility index (Phi) is 5.47. The molecule has 0 fully saturated rings. The highest BCUT2D eigenvalue weighted by Crippen LogP contribution is 2.34. The van der Waals surface area contributed by atoms with Gasteiger partial charge in [-0.3, -0.25) is 9.59 Å². The highest BCUT2D eigenvalue weighted by Gasteiger charge is 2.24. The lowest BCUT2D eigenvalue weighted by molar-refractivity contribution is -0.119. The molecule has 0 spiro atoms. The molecule has 2 amide bonds. The maximum Gasteiger partial charge on any atom is 0.271 e. The Hall–Kier alpha value is -2.79. The number of anilines is 3. The lowest BCUT2D eigenvalue weighted by Crippen LogP contribution is -2.38. The van der Waals surface area contributed by atoms with Crippen LogP contribution in [-0.2, 0) is 4.79 Å². The molecule has 9 nitrogen and oxygen atoms in total. The van der Waals surface area contributed by atoms with Crippen LogP contribution in [-0.4, -0.2) is 32.2 Å². The predicted molar refractivity (Wildman–Crippen MR) is 112 cm³/mol. The van der Waals surface area contributed by atoms with Crippen molar-refractivity contribution in [2.45, 2.75) is 33.2 Å². The van der Waals surface area contributed by atoms with Crippen LogP contribution >= 0.6 is 22.9 Å². The van der Waals surface area contributed by atoms with E-state index in [0.29, 0.717) is 12.2 Å². The average Bonchev–Trinajstić information content (AvgIpc) is 3.18. The third-order valence-corrected chi connectivity index (χ3v) is 5.53. The van der Waals surface area contributed by atoms with Gasteiger partial charge in [-0.1, -0.05) is 20.8 Å². The molecule has 3 heterocycles. The Balaban J connectivity index is 1.91. The molecule has 0 aromatic carbocycles. The fraction of sp³-hybridized carbons (Fsp3) is 0.353. The van der Waals surface area contributed by atoms with E-state index in [9.17, 15) is 9.59 Å². The fourth-order valence-electron chi connectivity index (χ4n) is 2.62. The maximum atomic E-state index is 11.8. The third kappa shape index (κ3) is 4.54. The summed E-state index contributed by atoms with van der Waals surface area (Å²) in [5, 5.41) is 9.67. The first-order chi connectivity index (χ1) is 13.1. The Morgan fingerprint density at radius 2 is 2.04 bits per heavy atom. The first-order valence-corrected chi connectivity index (χ1v) is 10.1. The summed E-state index contributed by atoms with van der Waals surface area (Å²) in [6, 6.07) is 1.30. The first-order valence-electron chi connectivity index (χ1n) is 8.46. The second-order valence-corrected chi connectivity index (χ2v) is 9.12. The molecule has 3 aromatic rings. The number of nitrogens with zero attached hydrogens (tertiary/aromatic N) is 3. The minimum absolute atomic E-state index is 0.00576. The highest BCUT2D eigenvalue weighted by atomic mass is 32.1. The average molecular weight is 420 g/mol. The number of thiophene rings is 1. The maximum absolute atomic E-state index is 11.8. The van der Waals surface area contributed by atoms with Gasteiger partial charge in [0, 0.05) is 5.39 Å². The predicted octanol–water partition coefficient (Wildman–Crippen LogP) is 2.69. The zero-order valence-electron chi connectivity index (χ0n) is 15.6. The van der Waals surface area contributed by atoms with Gasteiger partial charge in [-0.25, -0.2) is 9.97 Å². The molecular weight excluding hydrogens is 398 g/mol. The molecule has 0 saturated carbocycles. The van der Waals surface area contributed by atoms with Crippen molar-refractivity contribution in [2.75, 3.05) is 10.6 Å². The first kappa shape index (κ1) is 20.0. The number of amides is 2. The molecule has 3 aromatic heterocycles. The molecule has 28 heavy (non-hydrogen) atoms. The van der Waals surface area contributed by atoms with E-state index in [4.69, 9.17) is 11.5 Å². The Labute approximate surface area is 169 Å². The minimum atomic E-state index is -0.714. The van der Waals surface area contributed by atoms with E-state index in [1.807, 2.05) is 32.2 Å². The van der Waals surface area contributed by atoms with Crippen LogP contribution in [0.2, 0.25) is 0 Å². The lowest BCUT2D eigenvalue weighted by Gasteiger charge is -2.25. The zero-order valence-corrected chi connectivity index (χ0v) is 17.3. The molecule has 0 bridgehead atoms. The van der Waals surface area contributed by atoms with Gasteiger partial charge in [0.1, 0.15) is 21.7 Å². The lowest BCUT2D eigenvalue weighted by atomic mass is 9.88. The number of carbonyl (C=O) groups is 2. The van der Waals surface area contributed by atoms with Gasteiger partial charge in [0.2, 0.25) is 5.91 Å². The minimum Gasteiger partial charge on any atom is -0.368 e. The van der Waals surface area contributed by atoms with Crippen LogP contribution in [0.3, 0.4) is 0 Å². The molecule has 6 N–H and O–H groups in total. The van der Waals surface area contributed by atoms with E-state index in [0.717, 1.165) is 15.2 Å². The summed E-state index contributed by atoms with van der Waals surface area (Å²) in [5.74, 6) is -0.707. The summed E-state index contributed by atoms with van der Waals surface area (Å²) in [6.45, 7) is 6.03. The summed E-state index contributed by atoms with van der Waals surface area (Å²) >= 11 is 2.77. The SMILES string of the molecule is CC(C)(C)CC(Nc1cnc(C(N)=O)c(Nc2snc3sccc23)n1)C(N)=O. The molecule has 0 radical (unpaired) electrons. The van der Waals surface area contributed by atoms with E-state index < -0.39 is 17.9 Å². The fourth-order valence-corrected chi connectivity index (χ4v) is 4.28. The second kappa shape index (κ2) is 7.68. The van der Waals surface area contributed by atoms with E-state index in [2.05, 4.69) is 25.0 Å². The van der Waals surface area contributed by atoms with Crippen molar-refractivity contribution in [3.8, 4) is 0 Å². The van der Waals surface area contributed by atoms with Crippen LogP contribution in [0.25, 0.3) is 10.2 Å². The Morgan fingerprint density at radius 3 is 2.68 bits per heavy atom. The van der Waals surface area contributed by atoms with Gasteiger partial charge in [0.25, 0.3) is 5.91 Å². The molecule has 1 atom stereocenters. The van der Waals surface area contributed by atoms with Crippen LogP contribution in [0, 0.1) is 5.41 Å². The second-order valence-electron chi connectivity index (χ2n) is 7.46. The largest absolute Gasteiger partial charge is 0.368 e. The molecule has 0 aliphatic heterocycles. The van der Waals surface area contributed by atoms with Crippen molar-refractivity contribution in [1.82, 2.24) is 14.3 Å². The molecule has 1 unspecified atom stereocenters. The monoisotopic (exact) mass is 419 g/mol. The summed E-state index contributed by atoms with van der Waals surface area (Å²) < 4.78 is 4.34. The van der Waals surface area contributed by atoms with E-state index in [1.165, 1.54) is 29.1 Å². The van der Waals surface area contributed by atoms with Gasteiger partial charge in [-0.05, 0) is 34.8 Å². The number of fused-ring (bicyclic) bond motifs is 1. The molecule has 11 heteroatoms. The number of rotatable bonds is 7. The number of hydrogen-bond acceptors (Lipinski definition) is 9. The number of primary amides is 2. The van der Waals surface area contributed by atoms with Gasteiger partial charge in [-0.2, -0.15) is 4.37 Å². The molecule has 3 rings (SSSR count). The standard InChI is InChI=1S/C17H21N7O2S2/c1-17(2,3)6-9(12(18)25)21-10-7-20-11(13(19)26)14(22-10)23-15-8-4-5-27-16(8)24-28-15/h4-5,7,9H,6H2,1-3H3,(H2,18,25)(H2,19,26)(H2,21,22,23). The van der Waals surface area contributed by atoms with Crippen LogP contribution < -0.4 is 22.1 Å². The number of aromatic nitrogens is 3. The van der Waals surface area contributed by atoms with Crippen molar-refractivity contribution < 1.29 is 9.59 Å². The number of hydrogen-bond donors (Lipinski definition) is 4. The van der Waals surface area contributed by atoms with E-state index >= 15 is 0 Å². The van der Waals surface area contributed by atoms with Crippen LogP contribution in [0.1, 0.15) is 37.7 Å². The van der Waals surface area contributed by atoms with Crippen molar-refractivity contribution in [3.05, 3.63) is 23.3 Å². The molecule has 0 aliphatic carbocycles. The van der Waals surface area contributed by atoms with Gasteiger partial charge in [0.05, 0.1) is 6.20 Å². The van der Waals surface area contributed by atoms with E-state index in [-0.39, 0.29) is 16.9 Å². The van der Waals surface area contributed by atoms with Crippen LogP contribution in [0.5, 0.6) is 0 Å². The Morgan fingerprint density at radius 1 is 1.29 bits per heavy atom. The smallest absolute Gasteiger partial charge is 0.271 e. The van der Waals surface area contributed by atoms with Gasteiger partial charge < -0.3 is 22.1 Å². The van der Waals surface area contributed by atoms with E-state index in [1.54, 1.807) is 0 Å². The summed E-state index contributed by atoms with van der Waals surface area (Å²) in [7, 11) is 0. The van der Waals surface area contributed by atoms with Crippen LogP contribution in [0.4, 0.5) is 16.6 Å². The molecule has 0 saturated heterocycles. The zero-order chi connectivity index (χ0) is 20.5. The summed E-state index contributed by atoms with van der Waals surface area (Å²) in [6.07, 6.45) is 1.87. The van der Waals surface area contributed by atoms with Crippen molar-refractivity contribution in [2.24, 2.45) is 16.9 Å². The van der Waals surface area contributed by atoms with Crippen LogP contribution in [0.15, 0.2) is 17.6 Å².